The highest BCUT2D eigenvalue weighted by Crippen LogP contribution is 2.31. The molecule has 19 heavy (non-hydrogen) atoms. The molecule has 2 aromatic rings. The van der Waals surface area contributed by atoms with Crippen LogP contribution in [0, 0.1) is 5.82 Å². The Bertz CT molecular complexity index is 604. The molecule has 0 atom stereocenters. The van der Waals surface area contributed by atoms with Crippen molar-refractivity contribution in [2.75, 3.05) is 0 Å². The lowest BCUT2D eigenvalue weighted by Gasteiger charge is -2.24. The molecule has 0 saturated heterocycles. The van der Waals surface area contributed by atoms with E-state index in [9.17, 15) is 9.50 Å². The van der Waals surface area contributed by atoms with Crippen molar-refractivity contribution in [3.8, 4) is 11.4 Å². The maximum Gasteiger partial charge on any atom is 0.165 e. The largest absolute Gasteiger partial charge is 0.388 e. The number of halogens is 2. The molecule has 0 fully saturated rings. The number of aliphatic hydroxyl groups is 1. The van der Waals surface area contributed by atoms with Crippen molar-refractivity contribution in [2.45, 2.75) is 32.9 Å². The van der Waals surface area contributed by atoms with Crippen molar-refractivity contribution >= 4 is 15.9 Å². The van der Waals surface area contributed by atoms with E-state index in [4.69, 9.17) is 0 Å². The number of hydrogen-bond donors (Lipinski definition) is 1. The van der Waals surface area contributed by atoms with Crippen LogP contribution in [-0.4, -0.2) is 19.9 Å². The van der Waals surface area contributed by atoms with Gasteiger partial charge in [-0.25, -0.2) is 4.39 Å². The second kappa shape index (κ2) is 5.02. The Morgan fingerprint density at radius 2 is 2.00 bits per heavy atom. The fourth-order valence-corrected chi connectivity index (χ4v) is 2.50. The van der Waals surface area contributed by atoms with E-state index in [1.165, 1.54) is 12.1 Å². The third kappa shape index (κ3) is 2.69. The smallest absolute Gasteiger partial charge is 0.165 e. The molecule has 6 heteroatoms. The van der Waals surface area contributed by atoms with Crippen molar-refractivity contribution in [3.63, 3.8) is 0 Å². The molecular weight excluding hydrogens is 313 g/mol. The highest BCUT2D eigenvalue weighted by atomic mass is 79.9. The molecule has 0 spiro atoms. The van der Waals surface area contributed by atoms with Gasteiger partial charge in [0.2, 0.25) is 0 Å². The average molecular weight is 328 g/mol. The number of hydrogen-bond acceptors (Lipinski definition) is 3. The first-order chi connectivity index (χ1) is 8.84. The molecule has 0 aliphatic carbocycles. The number of rotatable bonds is 2. The van der Waals surface area contributed by atoms with Crippen LogP contribution in [0.5, 0.6) is 0 Å². The molecule has 2 rings (SSSR count). The Labute approximate surface area is 119 Å². The molecule has 0 amide bonds. The third-order valence-electron chi connectivity index (χ3n) is 2.71. The zero-order valence-corrected chi connectivity index (χ0v) is 12.6. The van der Waals surface area contributed by atoms with E-state index in [0.29, 0.717) is 16.1 Å². The van der Waals surface area contributed by atoms with E-state index in [1.54, 1.807) is 6.07 Å². The van der Waals surface area contributed by atoms with E-state index < -0.39 is 0 Å². The van der Waals surface area contributed by atoms with Gasteiger partial charge in [0.25, 0.3) is 0 Å². The topological polar surface area (TPSA) is 50.9 Å². The first-order valence-corrected chi connectivity index (χ1v) is 6.65. The number of aliphatic hydroxyl groups excluding tert-OH is 1. The quantitative estimate of drug-likeness (QED) is 0.922. The molecule has 0 aliphatic heterocycles. The fraction of sp³-hybridized carbons (Fsp3) is 0.385. The molecular formula is C13H15BrFN3O. The van der Waals surface area contributed by atoms with E-state index in [2.05, 4.69) is 26.1 Å². The molecule has 4 nitrogen and oxygen atoms in total. The molecule has 0 radical (unpaired) electrons. The zero-order chi connectivity index (χ0) is 14.2. The highest BCUT2D eigenvalue weighted by Gasteiger charge is 2.24. The summed E-state index contributed by atoms with van der Waals surface area (Å²) in [6, 6.07) is 4.41. The van der Waals surface area contributed by atoms with Crippen molar-refractivity contribution in [2.24, 2.45) is 0 Å². The summed E-state index contributed by atoms with van der Waals surface area (Å²) in [6.45, 7) is 5.80. The summed E-state index contributed by atoms with van der Waals surface area (Å²) in [5.74, 6) is 0.766. The standard InChI is InChI=1S/C13H15BrFN3O/c1-13(2,3)18-11(7-19)16-17-12(18)9-5-4-8(15)6-10(9)14/h4-6,19H,7H2,1-3H3. The monoisotopic (exact) mass is 327 g/mol. The van der Waals surface area contributed by atoms with Crippen LogP contribution in [-0.2, 0) is 12.1 Å². The van der Waals surface area contributed by atoms with Gasteiger partial charge in [-0.2, -0.15) is 0 Å². The highest BCUT2D eigenvalue weighted by molar-refractivity contribution is 9.10. The lowest BCUT2D eigenvalue weighted by atomic mass is 10.1. The molecule has 102 valence electrons. The second-order valence-corrected chi connectivity index (χ2v) is 6.08. The Hall–Kier alpha value is -1.27. The van der Waals surface area contributed by atoms with E-state index >= 15 is 0 Å². The van der Waals surface area contributed by atoms with Crippen LogP contribution >= 0.6 is 15.9 Å². The SMILES string of the molecule is CC(C)(C)n1c(CO)nnc1-c1ccc(F)cc1Br. The molecule has 1 aromatic heterocycles. The minimum atomic E-state index is -0.320. The van der Waals surface area contributed by atoms with Crippen molar-refractivity contribution < 1.29 is 9.50 Å². The summed E-state index contributed by atoms with van der Waals surface area (Å²) < 4.78 is 15.6. The van der Waals surface area contributed by atoms with Gasteiger partial charge in [-0.3, -0.25) is 0 Å². The van der Waals surface area contributed by atoms with E-state index in [-0.39, 0.29) is 18.0 Å². The molecule has 1 heterocycles. The molecule has 0 unspecified atom stereocenters. The first kappa shape index (κ1) is 14.1. The van der Waals surface area contributed by atoms with Gasteiger partial charge >= 0.3 is 0 Å². The van der Waals surface area contributed by atoms with Crippen LogP contribution in [0.4, 0.5) is 4.39 Å². The van der Waals surface area contributed by atoms with Crippen LogP contribution in [0.2, 0.25) is 0 Å². The Balaban J connectivity index is 2.66. The van der Waals surface area contributed by atoms with Crippen molar-refractivity contribution in [1.29, 1.82) is 0 Å². The molecule has 0 aliphatic rings. The van der Waals surface area contributed by atoms with Gasteiger partial charge in [0.15, 0.2) is 11.6 Å². The minimum absolute atomic E-state index is 0.191. The normalized spacial score (nSPS) is 11.9. The Morgan fingerprint density at radius 3 is 2.53 bits per heavy atom. The van der Waals surface area contributed by atoms with Crippen LogP contribution in [0.1, 0.15) is 26.6 Å². The summed E-state index contributed by atoms with van der Waals surface area (Å²) >= 11 is 3.33. The Kier molecular flexibility index (Phi) is 3.73. The van der Waals surface area contributed by atoms with Gasteiger partial charge in [-0.05, 0) is 54.9 Å². The molecule has 1 N–H and O–H groups in total. The third-order valence-corrected chi connectivity index (χ3v) is 3.37. The Morgan fingerprint density at radius 1 is 1.32 bits per heavy atom. The van der Waals surface area contributed by atoms with Gasteiger partial charge < -0.3 is 9.67 Å². The van der Waals surface area contributed by atoms with E-state index in [0.717, 1.165) is 5.56 Å². The molecule has 1 aromatic carbocycles. The van der Waals surface area contributed by atoms with Gasteiger partial charge in [-0.1, -0.05) is 0 Å². The van der Waals surface area contributed by atoms with Gasteiger partial charge in [0.1, 0.15) is 12.4 Å². The van der Waals surface area contributed by atoms with Crippen LogP contribution in [0.3, 0.4) is 0 Å². The summed E-state index contributed by atoms with van der Waals surface area (Å²) in [5, 5.41) is 17.5. The summed E-state index contributed by atoms with van der Waals surface area (Å²) in [6.07, 6.45) is 0. The van der Waals surface area contributed by atoms with Crippen LogP contribution in [0.15, 0.2) is 22.7 Å². The van der Waals surface area contributed by atoms with Crippen LogP contribution < -0.4 is 0 Å². The second-order valence-electron chi connectivity index (χ2n) is 5.23. The van der Waals surface area contributed by atoms with E-state index in [1.807, 2.05) is 25.3 Å². The summed E-state index contributed by atoms with van der Waals surface area (Å²) in [4.78, 5) is 0. The summed E-state index contributed by atoms with van der Waals surface area (Å²) in [7, 11) is 0. The lowest BCUT2D eigenvalue weighted by molar-refractivity contribution is 0.250. The number of benzene rings is 1. The predicted molar refractivity (Wildman–Crippen MR) is 74.0 cm³/mol. The number of nitrogens with zero attached hydrogens (tertiary/aromatic N) is 3. The van der Waals surface area contributed by atoms with Crippen molar-refractivity contribution in [3.05, 3.63) is 34.3 Å². The van der Waals surface area contributed by atoms with Gasteiger partial charge in [-0.15, -0.1) is 10.2 Å². The molecule has 0 bridgehead atoms. The summed E-state index contributed by atoms with van der Waals surface area (Å²) in [5.41, 5.74) is 0.452. The number of aromatic nitrogens is 3. The van der Waals surface area contributed by atoms with Crippen LogP contribution in [0.25, 0.3) is 11.4 Å². The zero-order valence-electron chi connectivity index (χ0n) is 11.0. The van der Waals surface area contributed by atoms with Crippen molar-refractivity contribution in [1.82, 2.24) is 14.8 Å². The molecule has 0 saturated carbocycles. The van der Waals surface area contributed by atoms with Gasteiger partial charge in [0, 0.05) is 15.6 Å². The predicted octanol–water partition coefficient (Wildman–Crippen LogP) is 3.09. The minimum Gasteiger partial charge on any atom is -0.388 e. The maximum atomic E-state index is 13.2. The fourth-order valence-electron chi connectivity index (χ4n) is 1.97. The average Bonchev–Trinajstić information content (AvgIpc) is 2.72. The van der Waals surface area contributed by atoms with Gasteiger partial charge in [0.05, 0.1) is 0 Å². The first-order valence-electron chi connectivity index (χ1n) is 5.85. The maximum absolute atomic E-state index is 13.2. The lowest BCUT2D eigenvalue weighted by Crippen LogP contribution is -2.25.